The Morgan fingerprint density at radius 2 is 1.97 bits per heavy atom. The van der Waals surface area contributed by atoms with Gasteiger partial charge in [-0.05, 0) is 53.5 Å². The lowest BCUT2D eigenvalue weighted by atomic mass is 10.0. The number of nitro benzene ring substituents is 1. The number of nitriles is 1. The number of methoxy groups -OCH3 is 1. The summed E-state index contributed by atoms with van der Waals surface area (Å²) >= 11 is 5.95. The summed E-state index contributed by atoms with van der Waals surface area (Å²) in [4.78, 5) is 10.6. The summed E-state index contributed by atoms with van der Waals surface area (Å²) in [7, 11) is 1.54. The van der Waals surface area contributed by atoms with Crippen LogP contribution in [0.5, 0.6) is 11.5 Å². The van der Waals surface area contributed by atoms with E-state index in [1.54, 1.807) is 49.6 Å². The van der Waals surface area contributed by atoms with Gasteiger partial charge in [-0.25, -0.2) is 0 Å². The Labute approximate surface area is 197 Å². The molecule has 0 N–H and O–H groups in total. The molecule has 0 aliphatic heterocycles. The summed E-state index contributed by atoms with van der Waals surface area (Å²) in [5, 5.41) is 21.4. The lowest BCUT2D eigenvalue weighted by molar-refractivity contribution is -0.384. The van der Waals surface area contributed by atoms with Crippen molar-refractivity contribution in [2.24, 2.45) is 0 Å². The quantitative estimate of drug-likeness (QED) is 0.118. The Balaban J connectivity index is 1.98. The maximum Gasteiger partial charge on any atom is 0.270 e. The number of allylic oxidation sites excluding steroid dienone is 2. The van der Waals surface area contributed by atoms with E-state index >= 15 is 0 Å². The first-order chi connectivity index (χ1) is 15.9. The summed E-state index contributed by atoms with van der Waals surface area (Å²) in [6.45, 7) is 4.14. The lowest BCUT2D eigenvalue weighted by Crippen LogP contribution is -2.02. The van der Waals surface area contributed by atoms with Crippen LogP contribution in [0.1, 0.15) is 22.3 Å². The summed E-state index contributed by atoms with van der Waals surface area (Å²) in [5.41, 5.74) is 3.16. The Morgan fingerprint density at radius 1 is 1.21 bits per heavy atom. The molecule has 7 heteroatoms. The number of halogens is 1. The third kappa shape index (κ3) is 6.00. The third-order valence-corrected chi connectivity index (χ3v) is 5.09. The van der Waals surface area contributed by atoms with E-state index < -0.39 is 4.92 Å². The van der Waals surface area contributed by atoms with Gasteiger partial charge < -0.3 is 9.47 Å². The van der Waals surface area contributed by atoms with Crippen molar-refractivity contribution in [3.05, 3.63) is 111 Å². The molecule has 3 aromatic rings. The molecule has 166 valence electrons. The highest BCUT2D eigenvalue weighted by atomic mass is 35.5. The molecule has 3 rings (SSSR count). The molecule has 0 saturated carbocycles. The van der Waals surface area contributed by atoms with Crippen LogP contribution in [0.2, 0.25) is 5.02 Å². The molecule has 0 saturated heterocycles. The number of ether oxygens (including phenoxy) is 2. The second-order valence-corrected chi connectivity index (χ2v) is 7.53. The maximum absolute atomic E-state index is 11.1. The first kappa shape index (κ1) is 23.6. The highest BCUT2D eigenvalue weighted by molar-refractivity contribution is 6.30. The number of hydrogen-bond acceptors (Lipinski definition) is 5. The largest absolute Gasteiger partial charge is 0.493 e. The smallest absolute Gasteiger partial charge is 0.270 e. The van der Waals surface area contributed by atoms with Gasteiger partial charge in [0.1, 0.15) is 6.61 Å². The number of benzene rings is 3. The van der Waals surface area contributed by atoms with Gasteiger partial charge in [0.05, 0.1) is 23.7 Å². The molecule has 0 fully saturated rings. The van der Waals surface area contributed by atoms with Crippen molar-refractivity contribution < 1.29 is 14.4 Å². The molecule has 0 radical (unpaired) electrons. The fraction of sp³-hybridized carbons (Fsp3) is 0.115. The van der Waals surface area contributed by atoms with Gasteiger partial charge in [-0.15, -0.1) is 6.58 Å². The molecule has 0 aliphatic carbocycles. The van der Waals surface area contributed by atoms with Crippen molar-refractivity contribution in [2.45, 2.75) is 13.0 Å². The van der Waals surface area contributed by atoms with Gasteiger partial charge in [0.15, 0.2) is 11.5 Å². The maximum atomic E-state index is 11.1. The van der Waals surface area contributed by atoms with E-state index in [9.17, 15) is 15.4 Å². The van der Waals surface area contributed by atoms with Crippen molar-refractivity contribution in [1.29, 1.82) is 5.26 Å². The van der Waals surface area contributed by atoms with Crippen molar-refractivity contribution in [1.82, 2.24) is 0 Å². The zero-order chi connectivity index (χ0) is 23.8. The average molecular weight is 461 g/mol. The molecule has 0 heterocycles. The van der Waals surface area contributed by atoms with E-state index in [4.69, 9.17) is 21.1 Å². The van der Waals surface area contributed by atoms with E-state index in [0.717, 1.165) is 11.1 Å². The normalized spacial score (nSPS) is 10.9. The van der Waals surface area contributed by atoms with Crippen LogP contribution >= 0.6 is 11.6 Å². The molecule has 33 heavy (non-hydrogen) atoms. The first-order valence-electron chi connectivity index (χ1n) is 10.0. The zero-order valence-electron chi connectivity index (χ0n) is 18.0. The molecule has 0 aliphatic rings. The van der Waals surface area contributed by atoms with E-state index in [2.05, 4.69) is 12.6 Å². The predicted octanol–water partition coefficient (Wildman–Crippen LogP) is 6.63. The van der Waals surface area contributed by atoms with Crippen molar-refractivity contribution >= 4 is 28.9 Å². The highest BCUT2D eigenvalue weighted by Crippen LogP contribution is 2.35. The van der Waals surface area contributed by atoms with E-state index in [0.29, 0.717) is 46.2 Å². The number of rotatable bonds is 9. The summed E-state index contributed by atoms with van der Waals surface area (Å²) in [6, 6.07) is 19.1. The van der Waals surface area contributed by atoms with Crippen LogP contribution in [-0.4, -0.2) is 12.0 Å². The molecule has 6 nitrogen and oxygen atoms in total. The monoisotopic (exact) mass is 460 g/mol. The second-order valence-electron chi connectivity index (χ2n) is 7.10. The molecular weight excluding hydrogens is 440 g/mol. The Hall–Kier alpha value is -4.08. The summed E-state index contributed by atoms with van der Waals surface area (Å²) in [6.07, 6.45) is 3.94. The standard InChI is InChI=1S/C26H21ClN2O4/c1-3-5-21-12-19(13-22(16-28)20-6-4-7-24(15-20)29(30)31)14-25(32-2)26(21)33-17-18-8-10-23(27)11-9-18/h3-4,6-15H,1,5,17H2,2H3. The topological polar surface area (TPSA) is 85.4 Å². The first-order valence-corrected chi connectivity index (χ1v) is 10.4. The molecule has 0 bridgehead atoms. The van der Waals surface area contributed by atoms with Gasteiger partial charge in [-0.1, -0.05) is 41.9 Å². The summed E-state index contributed by atoms with van der Waals surface area (Å²) < 4.78 is 11.6. The van der Waals surface area contributed by atoms with Crippen LogP contribution in [-0.2, 0) is 13.0 Å². The number of nitrogens with zero attached hydrogens (tertiary/aromatic N) is 2. The van der Waals surface area contributed by atoms with Crippen LogP contribution in [0.25, 0.3) is 11.6 Å². The van der Waals surface area contributed by atoms with E-state index in [1.807, 2.05) is 18.2 Å². The molecule has 0 atom stereocenters. The van der Waals surface area contributed by atoms with Gasteiger partial charge in [0.25, 0.3) is 5.69 Å². The Bertz CT molecular complexity index is 1240. The minimum atomic E-state index is -0.490. The van der Waals surface area contributed by atoms with Crippen LogP contribution in [0, 0.1) is 21.4 Å². The van der Waals surface area contributed by atoms with Gasteiger partial charge in [-0.3, -0.25) is 10.1 Å². The highest BCUT2D eigenvalue weighted by Gasteiger charge is 2.14. The SMILES string of the molecule is C=CCc1cc(C=C(C#N)c2cccc([N+](=O)[O-])c2)cc(OC)c1OCc1ccc(Cl)cc1. The molecular formula is C26H21ClN2O4. The molecule has 3 aromatic carbocycles. The van der Waals surface area contributed by atoms with Crippen LogP contribution in [0.3, 0.4) is 0 Å². The van der Waals surface area contributed by atoms with Crippen molar-refractivity contribution in [2.75, 3.05) is 7.11 Å². The van der Waals surface area contributed by atoms with Gasteiger partial charge in [0, 0.05) is 22.7 Å². The lowest BCUT2D eigenvalue weighted by Gasteiger charge is -2.16. The van der Waals surface area contributed by atoms with Crippen LogP contribution in [0.15, 0.2) is 73.3 Å². The number of non-ortho nitro benzene ring substituents is 1. The van der Waals surface area contributed by atoms with E-state index in [-0.39, 0.29) is 5.69 Å². The average Bonchev–Trinajstić information content (AvgIpc) is 2.82. The van der Waals surface area contributed by atoms with Crippen molar-refractivity contribution in [3.63, 3.8) is 0 Å². The fourth-order valence-electron chi connectivity index (χ4n) is 3.26. The zero-order valence-corrected chi connectivity index (χ0v) is 18.7. The van der Waals surface area contributed by atoms with Gasteiger partial charge in [-0.2, -0.15) is 5.26 Å². The molecule has 0 spiro atoms. The molecule has 0 aromatic heterocycles. The second kappa shape index (κ2) is 11.0. The van der Waals surface area contributed by atoms with Gasteiger partial charge in [0.2, 0.25) is 0 Å². The van der Waals surface area contributed by atoms with Gasteiger partial charge >= 0.3 is 0 Å². The number of hydrogen-bond donors (Lipinski definition) is 0. The fourth-order valence-corrected chi connectivity index (χ4v) is 3.39. The number of nitro groups is 1. The predicted molar refractivity (Wildman–Crippen MR) is 129 cm³/mol. The minimum absolute atomic E-state index is 0.0791. The molecule has 0 unspecified atom stereocenters. The van der Waals surface area contributed by atoms with E-state index in [1.165, 1.54) is 12.1 Å². The van der Waals surface area contributed by atoms with Crippen LogP contribution in [0.4, 0.5) is 5.69 Å². The third-order valence-electron chi connectivity index (χ3n) is 4.83. The summed E-state index contributed by atoms with van der Waals surface area (Å²) in [5.74, 6) is 1.09. The van der Waals surface area contributed by atoms with Crippen molar-refractivity contribution in [3.8, 4) is 17.6 Å². The molecule has 0 amide bonds. The Morgan fingerprint density at radius 3 is 2.61 bits per heavy atom. The Kier molecular flexibility index (Phi) is 7.85. The van der Waals surface area contributed by atoms with Crippen LogP contribution < -0.4 is 9.47 Å². The minimum Gasteiger partial charge on any atom is -0.493 e.